The van der Waals surface area contributed by atoms with Gasteiger partial charge in [0, 0.05) is 62.3 Å². The van der Waals surface area contributed by atoms with E-state index in [-0.39, 0.29) is 23.8 Å². The summed E-state index contributed by atoms with van der Waals surface area (Å²) in [6, 6.07) is 1.97. The summed E-state index contributed by atoms with van der Waals surface area (Å²) < 4.78 is 35.1. The van der Waals surface area contributed by atoms with Gasteiger partial charge in [-0.15, -0.1) is 5.10 Å². The van der Waals surface area contributed by atoms with Crippen molar-refractivity contribution in [2.75, 3.05) is 50.4 Å². The van der Waals surface area contributed by atoms with Crippen molar-refractivity contribution in [1.29, 1.82) is 0 Å². The minimum atomic E-state index is -3.35. The molecule has 5 rings (SSSR count). The lowest BCUT2D eigenvalue weighted by atomic mass is 9.95. The van der Waals surface area contributed by atoms with Crippen molar-refractivity contribution in [3.63, 3.8) is 0 Å². The SMILES string of the molecule is CCOc1c(-c2cn[nH]c2)ccn2nc(N[C@H]3CCN(S(=O)(=O)CCN4CC[C@@H](O)C4)C[C@H]3C)nc12. The highest BCUT2D eigenvalue weighted by Gasteiger charge is 2.34. The highest BCUT2D eigenvalue weighted by atomic mass is 32.2. The van der Waals surface area contributed by atoms with Gasteiger partial charge in [-0.1, -0.05) is 6.92 Å². The van der Waals surface area contributed by atoms with Gasteiger partial charge >= 0.3 is 0 Å². The van der Waals surface area contributed by atoms with Crippen LogP contribution in [0.1, 0.15) is 26.7 Å². The van der Waals surface area contributed by atoms with Gasteiger partial charge in [-0.05, 0) is 31.7 Å². The molecule has 36 heavy (non-hydrogen) atoms. The van der Waals surface area contributed by atoms with E-state index in [1.807, 2.05) is 30.3 Å². The fraction of sp³-hybridized carbons (Fsp3) is 0.609. The first-order valence-corrected chi connectivity index (χ1v) is 14.1. The summed E-state index contributed by atoms with van der Waals surface area (Å²) in [7, 11) is -3.35. The van der Waals surface area contributed by atoms with Gasteiger partial charge in [-0.25, -0.2) is 17.2 Å². The number of hydrogen-bond donors (Lipinski definition) is 3. The number of aliphatic hydroxyl groups excluding tert-OH is 1. The van der Waals surface area contributed by atoms with Crippen molar-refractivity contribution >= 4 is 21.6 Å². The smallest absolute Gasteiger partial charge is 0.243 e. The number of sulfonamides is 1. The number of pyridine rings is 1. The number of piperidine rings is 1. The molecule has 0 radical (unpaired) electrons. The van der Waals surface area contributed by atoms with Crippen LogP contribution in [0.2, 0.25) is 0 Å². The zero-order chi connectivity index (χ0) is 25.3. The van der Waals surface area contributed by atoms with Crippen LogP contribution in [0, 0.1) is 5.92 Å². The molecule has 2 fully saturated rings. The van der Waals surface area contributed by atoms with E-state index in [0.29, 0.717) is 63.0 Å². The molecular formula is C23H34N8O4S. The van der Waals surface area contributed by atoms with Gasteiger partial charge in [0.15, 0.2) is 11.4 Å². The monoisotopic (exact) mass is 518 g/mol. The molecule has 0 saturated carbocycles. The van der Waals surface area contributed by atoms with Crippen LogP contribution < -0.4 is 10.1 Å². The van der Waals surface area contributed by atoms with E-state index in [4.69, 9.17) is 9.72 Å². The Morgan fingerprint density at radius 2 is 2.14 bits per heavy atom. The quantitative estimate of drug-likeness (QED) is 0.379. The van der Waals surface area contributed by atoms with E-state index in [1.54, 1.807) is 15.0 Å². The number of aromatic amines is 1. The fourth-order valence-corrected chi connectivity index (χ4v) is 6.62. The second-order valence-corrected chi connectivity index (χ2v) is 11.7. The molecule has 2 aliphatic heterocycles. The Morgan fingerprint density at radius 1 is 1.28 bits per heavy atom. The van der Waals surface area contributed by atoms with Crippen LogP contribution in [-0.2, 0) is 10.0 Å². The predicted molar refractivity (Wildman–Crippen MR) is 135 cm³/mol. The van der Waals surface area contributed by atoms with Crippen molar-refractivity contribution in [3.05, 3.63) is 24.7 Å². The lowest BCUT2D eigenvalue weighted by Gasteiger charge is -2.36. The lowest BCUT2D eigenvalue weighted by Crippen LogP contribution is -2.49. The van der Waals surface area contributed by atoms with E-state index in [2.05, 4.69) is 27.5 Å². The number of nitrogens with zero attached hydrogens (tertiary/aromatic N) is 6. The van der Waals surface area contributed by atoms with Gasteiger partial charge in [0.05, 0.1) is 24.7 Å². The molecule has 0 aliphatic carbocycles. The highest BCUT2D eigenvalue weighted by molar-refractivity contribution is 7.89. The van der Waals surface area contributed by atoms with Crippen molar-refractivity contribution < 1.29 is 18.3 Å². The number of hydrogen-bond acceptors (Lipinski definition) is 9. The van der Waals surface area contributed by atoms with E-state index < -0.39 is 10.0 Å². The Balaban J connectivity index is 1.25. The largest absolute Gasteiger partial charge is 0.489 e. The van der Waals surface area contributed by atoms with E-state index in [0.717, 1.165) is 17.7 Å². The third kappa shape index (κ3) is 5.19. The first kappa shape index (κ1) is 24.9. The molecule has 2 aliphatic rings. The van der Waals surface area contributed by atoms with Crippen LogP contribution >= 0.6 is 0 Å². The van der Waals surface area contributed by atoms with Crippen LogP contribution in [0.25, 0.3) is 16.8 Å². The summed E-state index contributed by atoms with van der Waals surface area (Å²) in [6.45, 7) is 7.13. The van der Waals surface area contributed by atoms with E-state index >= 15 is 0 Å². The van der Waals surface area contributed by atoms with Crippen molar-refractivity contribution in [3.8, 4) is 16.9 Å². The first-order valence-electron chi connectivity index (χ1n) is 12.5. The number of nitrogens with one attached hydrogen (secondary N) is 2. The van der Waals surface area contributed by atoms with Gasteiger partial charge in [0.2, 0.25) is 16.0 Å². The molecule has 13 heteroatoms. The molecule has 0 spiro atoms. The Hall–Kier alpha value is -2.74. The number of aliphatic hydroxyl groups is 1. The van der Waals surface area contributed by atoms with Crippen LogP contribution in [0.15, 0.2) is 24.7 Å². The molecule has 3 N–H and O–H groups in total. The van der Waals surface area contributed by atoms with Gasteiger partial charge < -0.3 is 15.2 Å². The van der Waals surface area contributed by atoms with Gasteiger partial charge in [-0.3, -0.25) is 10.00 Å². The fourth-order valence-electron chi connectivity index (χ4n) is 5.03. The number of H-pyrrole nitrogens is 1. The van der Waals surface area contributed by atoms with Gasteiger partial charge in [-0.2, -0.15) is 10.1 Å². The number of likely N-dealkylation sites (tertiary alicyclic amines) is 1. The van der Waals surface area contributed by atoms with Gasteiger partial charge in [0.1, 0.15) is 0 Å². The van der Waals surface area contributed by atoms with E-state index in [9.17, 15) is 13.5 Å². The molecular weight excluding hydrogens is 484 g/mol. The minimum Gasteiger partial charge on any atom is -0.489 e. The Bertz CT molecular complexity index is 1280. The Labute approximate surface area is 210 Å². The summed E-state index contributed by atoms with van der Waals surface area (Å²) in [6.07, 6.45) is 6.42. The number of aromatic nitrogens is 5. The molecule has 5 heterocycles. The molecule has 2 saturated heterocycles. The normalized spacial score (nSPS) is 23.9. The molecule has 0 amide bonds. The molecule has 0 unspecified atom stereocenters. The number of β-amino-alcohol motifs (C(OH)–C–C–N with tert-alkyl or cyclic N) is 1. The summed E-state index contributed by atoms with van der Waals surface area (Å²) >= 11 is 0. The van der Waals surface area contributed by atoms with Crippen molar-refractivity contribution in [2.24, 2.45) is 5.92 Å². The van der Waals surface area contributed by atoms with Crippen LogP contribution in [0.3, 0.4) is 0 Å². The second-order valence-electron chi connectivity index (χ2n) is 9.62. The summed E-state index contributed by atoms with van der Waals surface area (Å²) in [5.41, 5.74) is 2.40. The third-order valence-corrected chi connectivity index (χ3v) is 8.87. The summed E-state index contributed by atoms with van der Waals surface area (Å²) in [5.74, 6) is 1.29. The number of ether oxygens (including phenoxy) is 1. The summed E-state index contributed by atoms with van der Waals surface area (Å²) in [4.78, 5) is 6.72. The maximum Gasteiger partial charge on any atom is 0.243 e. The molecule has 3 atom stereocenters. The van der Waals surface area contributed by atoms with Crippen LogP contribution in [-0.4, -0.2) is 105 Å². The molecule has 0 bridgehead atoms. The third-order valence-electron chi connectivity index (χ3n) is 7.05. The first-order chi connectivity index (χ1) is 17.3. The minimum absolute atomic E-state index is 0.0477. The maximum absolute atomic E-state index is 12.9. The highest BCUT2D eigenvalue weighted by Crippen LogP contribution is 2.33. The van der Waals surface area contributed by atoms with Crippen LogP contribution in [0.4, 0.5) is 5.95 Å². The Kier molecular flexibility index (Phi) is 7.15. The zero-order valence-electron chi connectivity index (χ0n) is 20.7. The second kappa shape index (κ2) is 10.3. The predicted octanol–water partition coefficient (Wildman–Crippen LogP) is 1.04. The average Bonchev–Trinajstić information content (AvgIpc) is 3.60. The number of rotatable bonds is 9. The number of anilines is 1. The molecule has 3 aromatic heterocycles. The number of fused-ring (bicyclic) bond motifs is 1. The van der Waals surface area contributed by atoms with Crippen molar-refractivity contribution in [2.45, 2.75) is 38.8 Å². The lowest BCUT2D eigenvalue weighted by molar-refractivity contribution is 0.178. The van der Waals surface area contributed by atoms with Crippen LogP contribution in [0.5, 0.6) is 5.75 Å². The maximum atomic E-state index is 12.9. The molecule has 12 nitrogen and oxygen atoms in total. The van der Waals surface area contributed by atoms with Gasteiger partial charge in [0.25, 0.3) is 0 Å². The molecule has 196 valence electrons. The zero-order valence-corrected chi connectivity index (χ0v) is 21.5. The Morgan fingerprint density at radius 3 is 2.83 bits per heavy atom. The standard InChI is InChI=1S/C23H34N8O4S/c1-3-35-21-19(17-12-24-25-13-17)5-9-31-22(21)27-23(28-31)26-20-6-8-30(14-16(20)2)36(33,34)11-10-29-7-4-18(32)15-29/h5,9,12-13,16,18,20,32H,3-4,6-8,10-11,14-15H2,1-2H3,(H,24,25)(H,26,28)/t16-,18-,20+/m1/s1. The average molecular weight is 519 g/mol. The summed E-state index contributed by atoms with van der Waals surface area (Å²) in [5, 5.41) is 24.5. The molecule has 3 aromatic rings. The molecule has 0 aromatic carbocycles. The van der Waals surface area contributed by atoms with Crippen molar-refractivity contribution in [1.82, 2.24) is 34.0 Å². The van der Waals surface area contributed by atoms with E-state index in [1.165, 1.54) is 0 Å². The topological polar surface area (TPSA) is 141 Å².